The molecule has 1 unspecified atom stereocenters. The summed E-state index contributed by atoms with van der Waals surface area (Å²) >= 11 is 0. The van der Waals surface area contributed by atoms with E-state index >= 15 is 0 Å². The summed E-state index contributed by atoms with van der Waals surface area (Å²) in [6, 6.07) is 8.09. The van der Waals surface area contributed by atoms with Crippen LogP contribution in [-0.4, -0.2) is 46.8 Å². The van der Waals surface area contributed by atoms with Crippen LogP contribution < -0.4 is 10.1 Å². The third-order valence-corrected chi connectivity index (χ3v) is 4.15. The number of nitrogens with one attached hydrogen (secondary N) is 1. The monoisotopic (exact) mass is 314 g/mol. The summed E-state index contributed by atoms with van der Waals surface area (Å²) in [4.78, 5) is 14.1. The molecule has 0 aliphatic carbocycles. The standard InChI is InChI=1S/C17H22N4O2/c1-12-15(9-18-21(12)3)19-17(22)11-20(2)10-14-8-13-6-4-5-7-16(13)23-14/h4-7,9,14H,8,10-11H2,1-3H3,(H,19,22). The fourth-order valence-electron chi connectivity index (χ4n) is 2.82. The van der Waals surface area contributed by atoms with Crippen molar-refractivity contribution in [2.75, 3.05) is 25.5 Å². The lowest BCUT2D eigenvalue weighted by Gasteiger charge is -2.20. The van der Waals surface area contributed by atoms with Gasteiger partial charge in [-0.3, -0.25) is 14.4 Å². The number of hydrogen-bond acceptors (Lipinski definition) is 4. The van der Waals surface area contributed by atoms with Crippen molar-refractivity contribution in [2.45, 2.75) is 19.4 Å². The van der Waals surface area contributed by atoms with Crippen molar-refractivity contribution in [3.05, 3.63) is 41.7 Å². The van der Waals surface area contributed by atoms with Gasteiger partial charge in [-0.15, -0.1) is 0 Å². The van der Waals surface area contributed by atoms with Crippen LogP contribution in [-0.2, 0) is 18.3 Å². The van der Waals surface area contributed by atoms with E-state index in [0.29, 0.717) is 13.1 Å². The van der Waals surface area contributed by atoms with Crippen LogP contribution in [0.4, 0.5) is 5.69 Å². The number of benzene rings is 1. The Labute approximate surface area is 136 Å². The molecule has 1 atom stereocenters. The Morgan fingerprint density at radius 3 is 2.96 bits per heavy atom. The SMILES string of the molecule is Cc1c(NC(=O)CN(C)CC2Cc3ccccc3O2)cnn1C. The fraction of sp³-hybridized carbons (Fsp3) is 0.412. The number of carbonyl (C=O) groups is 1. The molecule has 1 N–H and O–H groups in total. The first kappa shape index (κ1) is 15.6. The number of anilines is 1. The lowest BCUT2D eigenvalue weighted by atomic mass is 10.1. The van der Waals surface area contributed by atoms with E-state index in [0.717, 1.165) is 23.6 Å². The van der Waals surface area contributed by atoms with E-state index in [9.17, 15) is 4.79 Å². The molecule has 1 aliphatic heterocycles. The van der Waals surface area contributed by atoms with Crippen LogP contribution in [0.5, 0.6) is 5.75 Å². The van der Waals surface area contributed by atoms with E-state index in [-0.39, 0.29) is 12.0 Å². The van der Waals surface area contributed by atoms with Crippen molar-refractivity contribution >= 4 is 11.6 Å². The van der Waals surface area contributed by atoms with Gasteiger partial charge in [0.25, 0.3) is 0 Å². The maximum absolute atomic E-state index is 12.1. The van der Waals surface area contributed by atoms with Crippen molar-refractivity contribution in [1.82, 2.24) is 14.7 Å². The summed E-state index contributed by atoms with van der Waals surface area (Å²) in [5.41, 5.74) is 2.94. The Kier molecular flexibility index (Phi) is 4.34. The first-order valence-electron chi connectivity index (χ1n) is 7.74. The zero-order valence-corrected chi connectivity index (χ0v) is 13.7. The number of rotatable bonds is 5. The average molecular weight is 314 g/mol. The zero-order chi connectivity index (χ0) is 16.4. The average Bonchev–Trinajstić information content (AvgIpc) is 3.04. The largest absolute Gasteiger partial charge is 0.488 e. The number of para-hydroxylation sites is 1. The van der Waals surface area contributed by atoms with Crippen molar-refractivity contribution in [3.63, 3.8) is 0 Å². The molecule has 1 aliphatic rings. The number of fused-ring (bicyclic) bond motifs is 1. The number of aromatic nitrogens is 2. The van der Waals surface area contributed by atoms with E-state index in [1.54, 1.807) is 10.9 Å². The molecule has 23 heavy (non-hydrogen) atoms. The highest BCUT2D eigenvalue weighted by atomic mass is 16.5. The van der Waals surface area contributed by atoms with E-state index in [1.165, 1.54) is 5.56 Å². The predicted molar refractivity (Wildman–Crippen MR) is 88.6 cm³/mol. The molecule has 0 bridgehead atoms. The highest BCUT2D eigenvalue weighted by Gasteiger charge is 2.24. The minimum atomic E-state index is -0.0425. The van der Waals surface area contributed by atoms with Gasteiger partial charge < -0.3 is 10.1 Å². The van der Waals surface area contributed by atoms with E-state index in [2.05, 4.69) is 16.5 Å². The third kappa shape index (κ3) is 3.53. The summed E-state index contributed by atoms with van der Waals surface area (Å²) in [7, 11) is 3.79. The molecular formula is C17H22N4O2. The van der Waals surface area contributed by atoms with Crippen molar-refractivity contribution in [1.29, 1.82) is 0 Å². The van der Waals surface area contributed by atoms with E-state index in [4.69, 9.17) is 4.74 Å². The molecule has 122 valence electrons. The van der Waals surface area contributed by atoms with Crippen LogP contribution in [0.25, 0.3) is 0 Å². The molecule has 6 heteroatoms. The van der Waals surface area contributed by atoms with Gasteiger partial charge in [0.1, 0.15) is 11.9 Å². The molecule has 1 amide bonds. The Morgan fingerprint density at radius 1 is 1.48 bits per heavy atom. The molecule has 6 nitrogen and oxygen atoms in total. The molecule has 1 aromatic heterocycles. The Morgan fingerprint density at radius 2 is 2.26 bits per heavy atom. The summed E-state index contributed by atoms with van der Waals surface area (Å²) < 4.78 is 7.65. The smallest absolute Gasteiger partial charge is 0.238 e. The molecule has 0 saturated carbocycles. The molecule has 0 radical (unpaired) electrons. The van der Waals surface area contributed by atoms with Gasteiger partial charge in [-0.25, -0.2) is 0 Å². The third-order valence-electron chi connectivity index (χ3n) is 4.15. The van der Waals surface area contributed by atoms with Gasteiger partial charge in [0.15, 0.2) is 0 Å². The van der Waals surface area contributed by atoms with Gasteiger partial charge in [-0.1, -0.05) is 18.2 Å². The number of aryl methyl sites for hydroxylation is 1. The maximum atomic E-state index is 12.1. The molecule has 1 aromatic carbocycles. The second-order valence-corrected chi connectivity index (χ2v) is 6.06. The van der Waals surface area contributed by atoms with Crippen LogP contribution in [0.15, 0.2) is 30.5 Å². The highest BCUT2D eigenvalue weighted by Crippen LogP contribution is 2.28. The van der Waals surface area contributed by atoms with Crippen molar-refractivity contribution in [3.8, 4) is 5.75 Å². The van der Waals surface area contributed by atoms with Gasteiger partial charge in [0, 0.05) is 20.0 Å². The Bertz CT molecular complexity index is 685. The van der Waals surface area contributed by atoms with Gasteiger partial charge in [0.2, 0.25) is 5.91 Å². The Balaban J connectivity index is 1.49. The van der Waals surface area contributed by atoms with Crippen molar-refractivity contribution < 1.29 is 9.53 Å². The first-order valence-corrected chi connectivity index (χ1v) is 7.74. The topological polar surface area (TPSA) is 59.4 Å². The number of ether oxygens (including phenoxy) is 1. The number of hydrogen-bond donors (Lipinski definition) is 1. The molecule has 0 saturated heterocycles. The highest BCUT2D eigenvalue weighted by molar-refractivity contribution is 5.92. The van der Waals surface area contributed by atoms with Crippen molar-refractivity contribution in [2.24, 2.45) is 7.05 Å². The second-order valence-electron chi connectivity index (χ2n) is 6.06. The van der Waals surface area contributed by atoms with Crippen LogP contribution >= 0.6 is 0 Å². The first-order chi connectivity index (χ1) is 11.0. The normalized spacial score (nSPS) is 16.3. The minimum absolute atomic E-state index is 0.0425. The predicted octanol–water partition coefficient (Wildman–Crippen LogP) is 1.60. The lowest BCUT2D eigenvalue weighted by molar-refractivity contribution is -0.117. The van der Waals surface area contributed by atoms with Gasteiger partial charge in [-0.2, -0.15) is 5.10 Å². The molecular weight excluding hydrogens is 292 g/mol. The maximum Gasteiger partial charge on any atom is 0.238 e. The molecule has 0 spiro atoms. The van der Waals surface area contributed by atoms with Gasteiger partial charge >= 0.3 is 0 Å². The van der Waals surface area contributed by atoms with Crippen LogP contribution in [0.1, 0.15) is 11.3 Å². The molecule has 2 aromatic rings. The summed E-state index contributed by atoms with van der Waals surface area (Å²) in [6.07, 6.45) is 2.67. The molecule has 0 fully saturated rings. The number of likely N-dealkylation sites (N-methyl/N-ethyl adjacent to an activating group) is 1. The lowest BCUT2D eigenvalue weighted by Crippen LogP contribution is -2.37. The van der Waals surface area contributed by atoms with Crippen LogP contribution in [0.3, 0.4) is 0 Å². The Hall–Kier alpha value is -2.34. The van der Waals surface area contributed by atoms with Crippen LogP contribution in [0.2, 0.25) is 0 Å². The quantitative estimate of drug-likeness (QED) is 0.911. The summed E-state index contributed by atoms with van der Waals surface area (Å²) in [6.45, 7) is 2.97. The zero-order valence-electron chi connectivity index (χ0n) is 13.7. The number of carbonyl (C=O) groups excluding carboxylic acids is 1. The second kappa shape index (κ2) is 6.42. The minimum Gasteiger partial charge on any atom is -0.488 e. The van der Waals surface area contributed by atoms with Crippen LogP contribution in [0, 0.1) is 6.92 Å². The fourth-order valence-corrected chi connectivity index (χ4v) is 2.82. The summed E-state index contributed by atoms with van der Waals surface area (Å²) in [5, 5.41) is 7.02. The van der Waals surface area contributed by atoms with E-state index < -0.39 is 0 Å². The van der Waals surface area contributed by atoms with Gasteiger partial charge in [0.05, 0.1) is 24.1 Å². The number of amides is 1. The number of nitrogens with zero attached hydrogens (tertiary/aromatic N) is 3. The van der Waals surface area contributed by atoms with E-state index in [1.807, 2.05) is 44.1 Å². The molecule has 2 heterocycles. The van der Waals surface area contributed by atoms with Gasteiger partial charge in [-0.05, 0) is 25.6 Å². The summed E-state index contributed by atoms with van der Waals surface area (Å²) in [5.74, 6) is 0.917. The molecule has 3 rings (SSSR count).